The summed E-state index contributed by atoms with van der Waals surface area (Å²) in [5.74, 6) is 0.0664. The van der Waals surface area contributed by atoms with Crippen LogP contribution < -0.4 is 0 Å². The monoisotopic (exact) mass is 229 g/mol. The Balaban J connectivity index is 2.36. The van der Waals surface area contributed by atoms with Gasteiger partial charge < -0.3 is 14.4 Å². The minimum absolute atomic E-state index is 0.0664. The zero-order valence-electron chi connectivity index (χ0n) is 10.8. The molecule has 1 saturated heterocycles. The van der Waals surface area contributed by atoms with Gasteiger partial charge in [0, 0.05) is 13.1 Å². The number of carbonyl (C=O) groups is 1. The molecule has 1 fully saturated rings. The van der Waals surface area contributed by atoms with E-state index in [0.717, 1.165) is 6.42 Å². The zero-order valence-corrected chi connectivity index (χ0v) is 10.8. The quantitative estimate of drug-likeness (QED) is 0.735. The van der Waals surface area contributed by atoms with E-state index in [0.29, 0.717) is 19.7 Å². The Morgan fingerprint density at radius 2 is 2.19 bits per heavy atom. The van der Waals surface area contributed by atoms with E-state index in [1.165, 1.54) is 0 Å². The molecule has 4 heteroatoms. The van der Waals surface area contributed by atoms with Crippen LogP contribution in [0.4, 0.5) is 0 Å². The highest BCUT2D eigenvalue weighted by Gasteiger charge is 2.24. The highest BCUT2D eigenvalue weighted by atomic mass is 16.5. The second kappa shape index (κ2) is 5.64. The summed E-state index contributed by atoms with van der Waals surface area (Å²) in [6, 6.07) is 0. The molecule has 1 aliphatic rings. The lowest BCUT2D eigenvalue weighted by Gasteiger charge is -2.33. The van der Waals surface area contributed by atoms with Crippen LogP contribution in [0.15, 0.2) is 0 Å². The first-order valence-corrected chi connectivity index (χ1v) is 5.95. The summed E-state index contributed by atoms with van der Waals surface area (Å²) in [6.07, 6.45) is 1.14. The summed E-state index contributed by atoms with van der Waals surface area (Å²) >= 11 is 0. The molecule has 0 aromatic carbocycles. The summed E-state index contributed by atoms with van der Waals surface area (Å²) < 4.78 is 11.0. The topological polar surface area (TPSA) is 38.8 Å². The van der Waals surface area contributed by atoms with Crippen LogP contribution in [-0.4, -0.2) is 48.8 Å². The van der Waals surface area contributed by atoms with E-state index in [9.17, 15) is 4.79 Å². The van der Waals surface area contributed by atoms with Crippen LogP contribution >= 0.6 is 0 Å². The number of ether oxygens (including phenoxy) is 2. The minimum Gasteiger partial charge on any atom is -0.375 e. The van der Waals surface area contributed by atoms with Crippen LogP contribution in [-0.2, 0) is 14.3 Å². The minimum atomic E-state index is -0.258. The maximum Gasteiger partial charge on any atom is 0.248 e. The molecule has 0 saturated carbocycles. The number of hydrogen-bond acceptors (Lipinski definition) is 3. The van der Waals surface area contributed by atoms with Gasteiger partial charge in [-0.25, -0.2) is 0 Å². The number of amides is 1. The van der Waals surface area contributed by atoms with Crippen LogP contribution in [0.3, 0.4) is 0 Å². The molecular weight excluding hydrogens is 206 g/mol. The molecular formula is C12H23NO3. The van der Waals surface area contributed by atoms with Gasteiger partial charge in [0.1, 0.15) is 6.61 Å². The molecule has 0 aromatic rings. The molecule has 0 aliphatic carbocycles. The lowest BCUT2D eigenvalue weighted by molar-refractivity contribution is -0.148. The van der Waals surface area contributed by atoms with Gasteiger partial charge in [-0.3, -0.25) is 4.79 Å². The fourth-order valence-electron chi connectivity index (χ4n) is 1.56. The molecule has 1 rings (SSSR count). The number of hydrogen-bond donors (Lipinski definition) is 0. The smallest absolute Gasteiger partial charge is 0.248 e. The molecule has 4 nitrogen and oxygen atoms in total. The molecule has 16 heavy (non-hydrogen) atoms. The SMILES string of the molecule is CCC1CN(C(=O)COC(C)(C)C)CCO1. The Morgan fingerprint density at radius 1 is 1.50 bits per heavy atom. The van der Waals surface area contributed by atoms with Gasteiger partial charge >= 0.3 is 0 Å². The van der Waals surface area contributed by atoms with Crippen molar-refractivity contribution in [3.05, 3.63) is 0 Å². The van der Waals surface area contributed by atoms with E-state index in [4.69, 9.17) is 9.47 Å². The van der Waals surface area contributed by atoms with Crippen LogP contribution in [0.25, 0.3) is 0 Å². The van der Waals surface area contributed by atoms with E-state index in [2.05, 4.69) is 6.92 Å². The summed E-state index contributed by atoms with van der Waals surface area (Å²) in [5, 5.41) is 0. The van der Waals surface area contributed by atoms with Crippen molar-refractivity contribution >= 4 is 5.91 Å². The Labute approximate surface area is 97.9 Å². The van der Waals surface area contributed by atoms with Crippen LogP contribution in [0.1, 0.15) is 34.1 Å². The van der Waals surface area contributed by atoms with E-state index in [1.807, 2.05) is 25.7 Å². The number of carbonyl (C=O) groups excluding carboxylic acids is 1. The normalized spacial score (nSPS) is 22.2. The first-order chi connectivity index (χ1) is 7.42. The lowest BCUT2D eigenvalue weighted by atomic mass is 10.2. The predicted octanol–water partition coefficient (Wildman–Crippen LogP) is 1.44. The Morgan fingerprint density at radius 3 is 2.75 bits per heavy atom. The van der Waals surface area contributed by atoms with Gasteiger partial charge in [0.05, 0.1) is 18.3 Å². The third-order valence-corrected chi connectivity index (χ3v) is 2.58. The van der Waals surface area contributed by atoms with E-state index < -0.39 is 0 Å². The largest absolute Gasteiger partial charge is 0.375 e. The van der Waals surface area contributed by atoms with E-state index in [-0.39, 0.29) is 24.2 Å². The molecule has 0 N–H and O–H groups in total. The van der Waals surface area contributed by atoms with Crippen molar-refractivity contribution in [3.63, 3.8) is 0 Å². The standard InChI is InChI=1S/C12H23NO3/c1-5-10-8-13(6-7-15-10)11(14)9-16-12(2,3)4/h10H,5-9H2,1-4H3. The molecule has 1 atom stereocenters. The van der Waals surface area contributed by atoms with Gasteiger partial charge in [-0.1, -0.05) is 6.92 Å². The van der Waals surface area contributed by atoms with Crippen molar-refractivity contribution in [2.24, 2.45) is 0 Å². The van der Waals surface area contributed by atoms with Gasteiger partial charge in [0.2, 0.25) is 5.91 Å². The first-order valence-electron chi connectivity index (χ1n) is 5.95. The van der Waals surface area contributed by atoms with E-state index in [1.54, 1.807) is 0 Å². The molecule has 1 aliphatic heterocycles. The Kier molecular flexibility index (Phi) is 4.74. The fraction of sp³-hybridized carbons (Fsp3) is 0.917. The van der Waals surface area contributed by atoms with Crippen molar-refractivity contribution in [1.29, 1.82) is 0 Å². The van der Waals surface area contributed by atoms with Crippen molar-refractivity contribution in [2.45, 2.75) is 45.8 Å². The molecule has 1 amide bonds. The second-order valence-corrected chi connectivity index (χ2v) is 5.14. The van der Waals surface area contributed by atoms with Gasteiger partial charge in [-0.2, -0.15) is 0 Å². The summed E-state index contributed by atoms with van der Waals surface area (Å²) in [7, 11) is 0. The van der Waals surface area contributed by atoms with Crippen LogP contribution in [0, 0.1) is 0 Å². The number of morpholine rings is 1. The highest BCUT2D eigenvalue weighted by molar-refractivity contribution is 5.77. The third-order valence-electron chi connectivity index (χ3n) is 2.58. The van der Waals surface area contributed by atoms with Crippen molar-refractivity contribution in [1.82, 2.24) is 4.90 Å². The van der Waals surface area contributed by atoms with E-state index >= 15 is 0 Å². The van der Waals surface area contributed by atoms with Gasteiger partial charge in [0.15, 0.2) is 0 Å². The first kappa shape index (κ1) is 13.5. The average molecular weight is 229 g/mol. The van der Waals surface area contributed by atoms with Crippen molar-refractivity contribution in [3.8, 4) is 0 Å². The van der Waals surface area contributed by atoms with Crippen molar-refractivity contribution in [2.75, 3.05) is 26.3 Å². The molecule has 0 bridgehead atoms. The third kappa shape index (κ3) is 4.49. The number of nitrogens with zero attached hydrogens (tertiary/aromatic N) is 1. The van der Waals surface area contributed by atoms with Crippen LogP contribution in [0.5, 0.6) is 0 Å². The summed E-state index contributed by atoms with van der Waals surface area (Å²) in [5.41, 5.74) is -0.258. The fourth-order valence-corrected chi connectivity index (χ4v) is 1.56. The average Bonchev–Trinajstić information content (AvgIpc) is 2.25. The maximum absolute atomic E-state index is 11.9. The molecule has 0 aromatic heterocycles. The Hall–Kier alpha value is -0.610. The zero-order chi connectivity index (χ0) is 12.2. The number of rotatable bonds is 3. The highest BCUT2D eigenvalue weighted by Crippen LogP contribution is 2.11. The molecule has 1 heterocycles. The van der Waals surface area contributed by atoms with Gasteiger partial charge in [0.25, 0.3) is 0 Å². The molecule has 0 spiro atoms. The Bertz CT molecular complexity index is 235. The molecule has 1 unspecified atom stereocenters. The van der Waals surface area contributed by atoms with Gasteiger partial charge in [-0.15, -0.1) is 0 Å². The summed E-state index contributed by atoms with van der Waals surface area (Å²) in [6.45, 7) is 10.1. The second-order valence-electron chi connectivity index (χ2n) is 5.14. The van der Waals surface area contributed by atoms with Gasteiger partial charge in [-0.05, 0) is 27.2 Å². The predicted molar refractivity (Wildman–Crippen MR) is 62.3 cm³/mol. The lowest BCUT2D eigenvalue weighted by Crippen LogP contribution is -2.47. The maximum atomic E-state index is 11.9. The van der Waals surface area contributed by atoms with Crippen molar-refractivity contribution < 1.29 is 14.3 Å². The van der Waals surface area contributed by atoms with Crippen LogP contribution in [0.2, 0.25) is 0 Å². The molecule has 0 radical (unpaired) electrons. The molecule has 94 valence electrons. The summed E-state index contributed by atoms with van der Waals surface area (Å²) in [4.78, 5) is 13.7.